The lowest BCUT2D eigenvalue weighted by atomic mass is 10.2. The van der Waals surface area contributed by atoms with Crippen LogP contribution in [0.15, 0.2) is 48.5 Å². The van der Waals surface area contributed by atoms with Gasteiger partial charge in [0.1, 0.15) is 0 Å². The number of hydrogen-bond donors (Lipinski definition) is 2. The topological polar surface area (TPSA) is 81.4 Å². The SMILES string of the molecule is CCC(OC(=O)c1cccc(N)c1)C(=O)Nc1ccc(I)cc1. The molecule has 0 spiro atoms. The van der Waals surface area contributed by atoms with E-state index in [-0.39, 0.29) is 5.91 Å². The highest BCUT2D eigenvalue weighted by Crippen LogP contribution is 2.14. The number of anilines is 2. The minimum atomic E-state index is -0.858. The molecule has 120 valence electrons. The molecule has 2 rings (SSSR count). The van der Waals surface area contributed by atoms with Crippen LogP contribution in [0.1, 0.15) is 23.7 Å². The van der Waals surface area contributed by atoms with Crippen LogP contribution in [0.25, 0.3) is 0 Å². The van der Waals surface area contributed by atoms with Gasteiger partial charge in [-0.1, -0.05) is 13.0 Å². The number of benzene rings is 2. The molecule has 0 saturated carbocycles. The highest BCUT2D eigenvalue weighted by atomic mass is 127. The number of halogens is 1. The van der Waals surface area contributed by atoms with Crippen molar-refractivity contribution in [1.82, 2.24) is 0 Å². The molecule has 0 aliphatic carbocycles. The summed E-state index contributed by atoms with van der Waals surface area (Å²) in [4.78, 5) is 24.4. The summed E-state index contributed by atoms with van der Waals surface area (Å²) in [5.41, 5.74) is 7.10. The number of carbonyl (C=O) groups is 2. The van der Waals surface area contributed by atoms with Crippen LogP contribution in [0.2, 0.25) is 0 Å². The Morgan fingerprint density at radius 3 is 2.52 bits per heavy atom. The zero-order chi connectivity index (χ0) is 16.8. The van der Waals surface area contributed by atoms with Gasteiger partial charge in [0.05, 0.1) is 5.56 Å². The molecule has 1 amide bonds. The van der Waals surface area contributed by atoms with Crippen molar-refractivity contribution >= 4 is 45.8 Å². The second kappa shape index (κ2) is 7.96. The monoisotopic (exact) mass is 424 g/mol. The number of nitrogens with two attached hydrogens (primary N) is 1. The fraction of sp³-hybridized carbons (Fsp3) is 0.176. The van der Waals surface area contributed by atoms with E-state index in [0.717, 1.165) is 3.57 Å². The molecule has 0 bridgehead atoms. The molecule has 1 atom stereocenters. The van der Waals surface area contributed by atoms with Crippen LogP contribution >= 0.6 is 22.6 Å². The predicted octanol–water partition coefficient (Wildman–Crippen LogP) is 3.45. The van der Waals surface area contributed by atoms with Gasteiger partial charge in [-0.15, -0.1) is 0 Å². The normalized spacial score (nSPS) is 11.6. The molecule has 0 aliphatic rings. The van der Waals surface area contributed by atoms with Gasteiger partial charge in [0.15, 0.2) is 6.10 Å². The van der Waals surface area contributed by atoms with E-state index in [0.29, 0.717) is 23.4 Å². The molecule has 2 aromatic rings. The molecule has 2 aromatic carbocycles. The van der Waals surface area contributed by atoms with Crippen LogP contribution in [0.4, 0.5) is 11.4 Å². The van der Waals surface area contributed by atoms with Gasteiger partial charge in [-0.25, -0.2) is 4.79 Å². The lowest BCUT2D eigenvalue weighted by Gasteiger charge is -2.16. The van der Waals surface area contributed by atoms with Crippen molar-refractivity contribution in [2.45, 2.75) is 19.4 Å². The lowest BCUT2D eigenvalue weighted by molar-refractivity contribution is -0.124. The fourth-order valence-corrected chi connectivity index (χ4v) is 2.30. The smallest absolute Gasteiger partial charge is 0.338 e. The van der Waals surface area contributed by atoms with Crippen molar-refractivity contribution in [3.05, 3.63) is 57.7 Å². The van der Waals surface area contributed by atoms with Gasteiger partial charge in [0, 0.05) is 14.9 Å². The number of nitrogens with one attached hydrogen (secondary N) is 1. The Morgan fingerprint density at radius 2 is 1.91 bits per heavy atom. The van der Waals surface area contributed by atoms with Gasteiger partial charge in [0.2, 0.25) is 0 Å². The summed E-state index contributed by atoms with van der Waals surface area (Å²) in [5.74, 6) is -0.923. The zero-order valence-corrected chi connectivity index (χ0v) is 14.7. The van der Waals surface area contributed by atoms with Gasteiger partial charge in [0.25, 0.3) is 5.91 Å². The van der Waals surface area contributed by atoms with Crippen molar-refractivity contribution in [3.63, 3.8) is 0 Å². The Balaban J connectivity index is 2.02. The molecule has 6 heteroatoms. The van der Waals surface area contributed by atoms with Crippen LogP contribution in [-0.4, -0.2) is 18.0 Å². The number of hydrogen-bond acceptors (Lipinski definition) is 4. The zero-order valence-electron chi connectivity index (χ0n) is 12.6. The maximum absolute atomic E-state index is 12.2. The first-order valence-corrected chi connectivity index (χ1v) is 8.20. The highest BCUT2D eigenvalue weighted by Gasteiger charge is 2.22. The number of ether oxygens (including phenoxy) is 1. The van der Waals surface area contributed by atoms with E-state index in [2.05, 4.69) is 27.9 Å². The Bertz CT molecular complexity index is 701. The number of carbonyl (C=O) groups excluding carboxylic acids is 2. The van der Waals surface area contributed by atoms with Crippen molar-refractivity contribution in [2.75, 3.05) is 11.1 Å². The Hall–Kier alpha value is -2.09. The second-order valence-electron chi connectivity index (χ2n) is 4.92. The van der Waals surface area contributed by atoms with Gasteiger partial charge in [-0.3, -0.25) is 4.79 Å². The Kier molecular flexibility index (Phi) is 5.97. The molecule has 0 saturated heterocycles. The third kappa shape index (κ3) is 4.95. The first kappa shape index (κ1) is 17.3. The van der Waals surface area contributed by atoms with E-state index in [1.807, 2.05) is 12.1 Å². The first-order valence-electron chi connectivity index (χ1n) is 7.12. The molecule has 1 unspecified atom stereocenters. The molecule has 0 heterocycles. The van der Waals surface area contributed by atoms with E-state index >= 15 is 0 Å². The maximum atomic E-state index is 12.2. The van der Waals surface area contributed by atoms with E-state index in [4.69, 9.17) is 10.5 Å². The van der Waals surface area contributed by atoms with Crippen LogP contribution in [0.5, 0.6) is 0 Å². The molecule has 3 N–H and O–H groups in total. The van der Waals surface area contributed by atoms with Crippen molar-refractivity contribution in [1.29, 1.82) is 0 Å². The molecule has 0 fully saturated rings. The lowest BCUT2D eigenvalue weighted by Crippen LogP contribution is -2.32. The van der Waals surface area contributed by atoms with E-state index < -0.39 is 12.1 Å². The Labute approximate surface area is 148 Å². The summed E-state index contributed by atoms with van der Waals surface area (Å²) >= 11 is 2.18. The molecular weight excluding hydrogens is 407 g/mol. The quantitative estimate of drug-likeness (QED) is 0.438. The van der Waals surface area contributed by atoms with Crippen LogP contribution in [0.3, 0.4) is 0 Å². The molecular formula is C17H17IN2O3. The fourth-order valence-electron chi connectivity index (χ4n) is 1.94. The van der Waals surface area contributed by atoms with E-state index in [1.54, 1.807) is 37.3 Å². The van der Waals surface area contributed by atoms with Crippen molar-refractivity contribution in [2.24, 2.45) is 0 Å². The molecule has 23 heavy (non-hydrogen) atoms. The third-order valence-corrected chi connectivity index (χ3v) is 3.87. The summed E-state index contributed by atoms with van der Waals surface area (Å²) in [6, 6.07) is 13.8. The van der Waals surface area contributed by atoms with Crippen LogP contribution in [0, 0.1) is 3.57 Å². The van der Waals surface area contributed by atoms with Crippen LogP contribution in [-0.2, 0) is 9.53 Å². The molecule has 0 radical (unpaired) electrons. The van der Waals surface area contributed by atoms with Gasteiger partial charge < -0.3 is 15.8 Å². The minimum absolute atomic E-state index is 0.325. The number of nitrogen functional groups attached to an aromatic ring is 1. The summed E-state index contributed by atoms with van der Waals surface area (Å²) < 4.78 is 6.36. The first-order chi connectivity index (χ1) is 11.0. The summed E-state index contributed by atoms with van der Waals surface area (Å²) in [6.45, 7) is 1.78. The van der Waals surface area contributed by atoms with Gasteiger partial charge >= 0.3 is 5.97 Å². The summed E-state index contributed by atoms with van der Waals surface area (Å²) in [5, 5.41) is 2.74. The predicted molar refractivity (Wildman–Crippen MR) is 98.1 cm³/mol. The summed E-state index contributed by atoms with van der Waals surface area (Å²) in [7, 11) is 0. The number of esters is 1. The molecule has 0 aliphatic heterocycles. The minimum Gasteiger partial charge on any atom is -0.449 e. The Morgan fingerprint density at radius 1 is 1.22 bits per heavy atom. The van der Waals surface area contributed by atoms with Crippen molar-refractivity contribution < 1.29 is 14.3 Å². The van der Waals surface area contributed by atoms with Crippen LogP contribution < -0.4 is 11.1 Å². The number of amides is 1. The second-order valence-corrected chi connectivity index (χ2v) is 6.17. The van der Waals surface area contributed by atoms with Gasteiger partial charge in [-0.2, -0.15) is 0 Å². The highest BCUT2D eigenvalue weighted by molar-refractivity contribution is 14.1. The third-order valence-electron chi connectivity index (χ3n) is 3.15. The van der Waals surface area contributed by atoms with Gasteiger partial charge in [-0.05, 0) is 71.5 Å². The number of rotatable bonds is 5. The van der Waals surface area contributed by atoms with E-state index in [1.165, 1.54) is 6.07 Å². The van der Waals surface area contributed by atoms with Crippen molar-refractivity contribution in [3.8, 4) is 0 Å². The molecule has 5 nitrogen and oxygen atoms in total. The average molecular weight is 424 g/mol. The average Bonchev–Trinajstić information content (AvgIpc) is 2.54. The molecule has 0 aromatic heterocycles. The maximum Gasteiger partial charge on any atom is 0.338 e. The largest absolute Gasteiger partial charge is 0.449 e. The standard InChI is InChI=1S/C17H17IN2O3/c1-2-15(16(21)20-14-8-6-12(18)7-9-14)23-17(22)11-4-3-5-13(19)10-11/h3-10,15H,2,19H2,1H3,(H,20,21). The van der Waals surface area contributed by atoms with E-state index in [9.17, 15) is 9.59 Å². The summed E-state index contributed by atoms with van der Waals surface area (Å²) in [6.07, 6.45) is -0.479.